The molecule has 0 aliphatic carbocycles. The summed E-state index contributed by atoms with van der Waals surface area (Å²) in [5.74, 6) is 2.65. The van der Waals surface area contributed by atoms with Crippen LogP contribution in [-0.2, 0) is 106 Å². The Labute approximate surface area is 715 Å². The molecule has 12 aromatic rings. The third kappa shape index (κ3) is 14.1. The van der Waals surface area contributed by atoms with E-state index >= 15 is 0 Å². The van der Waals surface area contributed by atoms with Crippen molar-refractivity contribution in [2.75, 3.05) is 75.8 Å². The molecule has 6 aromatic heterocycles. The van der Waals surface area contributed by atoms with Gasteiger partial charge in [0, 0.05) is 236 Å². The van der Waals surface area contributed by atoms with Gasteiger partial charge in [0.05, 0.1) is 57.4 Å². The number of hydrogen-bond acceptors (Lipinski definition) is 17. The van der Waals surface area contributed by atoms with Crippen LogP contribution in [0.4, 0.5) is 34.1 Å². The van der Waals surface area contributed by atoms with Crippen molar-refractivity contribution in [1.82, 2.24) is 29.9 Å². The molecule has 18 heterocycles. The van der Waals surface area contributed by atoms with Gasteiger partial charge in [0.2, 0.25) is 35.4 Å². The number of methoxy groups -OCH3 is 1. The van der Waals surface area contributed by atoms with E-state index in [4.69, 9.17) is 16.3 Å². The van der Waals surface area contributed by atoms with Crippen molar-refractivity contribution in [2.45, 2.75) is 116 Å². The molecule has 123 heavy (non-hydrogen) atoms. The highest BCUT2D eigenvalue weighted by Gasteiger charge is 2.41. The molecule has 0 fully saturated rings. The molecule has 0 atom stereocenters. The van der Waals surface area contributed by atoms with Gasteiger partial charge >= 0.3 is 0 Å². The maximum atomic E-state index is 12.1. The second kappa shape index (κ2) is 33.0. The van der Waals surface area contributed by atoms with Crippen molar-refractivity contribution in [1.29, 1.82) is 10.5 Å². The molecule has 2 N–H and O–H groups in total. The quantitative estimate of drug-likeness (QED) is 0.150. The molecule has 23 nitrogen and oxygen atoms in total. The van der Waals surface area contributed by atoms with Crippen LogP contribution >= 0.6 is 11.6 Å². The second-order valence-corrected chi connectivity index (χ2v) is 32.6. The number of phenols is 2. The Hall–Kier alpha value is -14.3. The van der Waals surface area contributed by atoms with E-state index in [0.29, 0.717) is 87.1 Å². The van der Waals surface area contributed by atoms with Gasteiger partial charge < -0.3 is 44.3 Å². The molecule has 6 amide bonds. The molecule has 6 aromatic carbocycles. The highest BCUT2D eigenvalue weighted by Crippen LogP contribution is 2.52. The first-order chi connectivity index (χ1) is 60.1. The van der Waals surface area contributed by atoms with Gasteiger partial charge in [-0.05, 0) is 200 Å². The van der Waals surface area contributed by atoms with Gasteiger partial charge in [-0.2, -0.15) is 10.5 Å². The number of halogens is 1. The Bertz CT molecular complexity index is 6210. The van der Waals surface area contributed by atoms with Crippen molar-refractivity contribution in [2.24, 2.45) is 0 Å². The fourth-order valence-electron chi connectivity index (χ4n) is 20.0. The number of anilines is 6. The van der Waals surface area contributed by atoms with Crippen molar-refractivity contribution >= 4 is 81.2 Å². The number of rotatable bonds is 7. The minimum atomic E-state index is 0.171. The number of carbonyl (C=O) groups is 6. The van der Waals surface area contributed by atoms with Crippen LogP contribution in [0.1, 0.15) is 116 Å². The van der Waals surface area contributed by atoms with Gasteiger partial charge in [-0.15, -0.1) is 0 Å². The number of ether oxygens (including phenoxy) is 1. The first kappa shape index (κ1) is 78.6. The van der Waals surface area contributed by atoms with E-state index in [1.807, 2.05) is 127 Å². The average molecular weight is 1650 g/mol. The van der Waals surface area contributed by atoms with Crippen LogP contribution in [0.5, 0.6) is 17.2 Å². The first-order valence-corrected chi connectivity index (χ1v) is 42.3. The number of aryl methyl sites for hydroxylation is 3. The minimum Gasteiger partial charge on any atom is -0.507 e. The Morgan fingerprint density at radius 1 is 0.309 bits per heavy atom. The third-order valence-electron chi connectivity index (χ3n) is 25.5. The molecule has 610 valence electrons. The average Bonchev–Trinajstić information content (AvgIpc) is 1.69. The lowest BCUT2D eigenvalue weighted by Gasteiger charge is -2.28. The molecular formula is C99H83ClN14O9. The van der Waals surface area contributed by atoms with Crippen LogP contribution in [0.3, 0.4) is 0 Å². The van der Waals surface area contributed by atoms with Crippen molar-refractivity contribution in [3.63, 3.8) is 0 Å². The number of hydrogen-bond donors (Lipinski definition) is 2. The fourth-order valence-corrected chi connectivity index (χ4v) is 20.3. The Morgan fingerprint density at radius 3 is 0.927 bits per heavy atom. The largest absolute Gasteiger partial charge is 0.507 e. The van der Waals surface area contributed by atoms with Crippen molar-refractivity contribution in [3.8, 4) is 96.1 Å². The van der Waals surface area contributed by atoms with E-state index in [2.05, 4.69) is 66.3 Å². The Morgan fingerprint density at radius 2 is 0.561 bits per heavy atom. The Balaban J connectivity index is 0.0000000970. The van der Waals surface area contributed by atoms with Crippen LogP contribution in [0.25, 0.3) is 66.8 Å². The normalized spacial score (nSPS) is 16.1. The zero-order valence-corrected chi connectivity index (χ0v) is 68.4. The van der Waals surface area contributed by atoms with Gasteiger partial charge in [-0.3, -0.25) is 58.7 Å². The molecule has 0 unspecified atom stereocenters. The predicted molar refractivity (Wildman–Crippen MR) is 469 cm³/mol. The first-order valence-electron chi connectivity index (χ1n) is 41.9. The van der Waals surface area contributed by atoms with Gasteiger partial charge in [-0.25, -0.2) is 0 Å². The highest BCUT2D eigenvalue weighted by molar-refractivity contribution is 6.35. The molecule has 24 heteroatoms. The summed E-state index contributed by atoms with van der Waals surface area (Å²) in [5, 5.41) is 41.1. The van der Waals surface area contributed by atoms with Crippen molar-refractivity contribution in [3.05, 3.63) is 266 Å². The Kier molecular flexibility index (Phi) is 21.1. The van der Waals surface area contributed by atoms with Crippen LogP contribution < -0.4 is 34.1 Å². The minimum absolute atomic E-state index is 0.171. The summed E-state index contributed by atoms with van der Waals surface area (Å²) < 4.78 is 5.70. The molecule has 0 saturated heterocycles. The third-order valence-corrected chi connectivity index (χ3v) is 26.0. The second-order valence-electron chi connectivity index (χ2n) is 32.2. The summed E-state index contributed by atoms with van der Waals surface area (Å²) in [4.78, 5) is 108. The topological polar surface area (TPSA) is 296 Å². The van der Waals surface area contributed by atoms with Gasteiger partial charge in [0.25, 0.3) is 0 Å². The van der Waals surface area contributed by atoms with Crippen LogP contribution in [0, 0.1) is 22.7 Å². The number of pyridine rings is 6. The number of benzene rings is 6. The van der Waals surface area contributed by atoms with E-state index in [9.17, 15) is 49.5 Å². The predicted octanol–water partition coefficient (Wildman–Crippen LogP) is 15.3. The lowest BCUT2D eigenvalue weighted by Crippen LogP contribution is -2.33. The number of aromatic hydroxyl groups is 2. The maximum Gasteiger partial charge on any atom is 0.227 e. The highest BCUT2D eigenvalue weighted by atomic mass is 35.5. The van der Waals surface area contributed by atoms with Crippen LogP contribution in [-0.4, -0.2) is 122 Å². The smallest absolute Gasteiger partial charge is 0.227 e. The summed E-state index contributed by atoms with van der Waals surface area (Å²) >= 11 is 6.59. The number of phenolic OH excluding ortho intramolecular Hbond substituents is 2. The van der Waals surface area contributed by atoms with Crippen LogP contribution in [0.2, 0.25) is 5.02 Å². The summed E-state index contributed by atoms with van der Waals surface area (Å²) in [6, 6.07) is 40.4. The van der Waals surface area contributed by atoms with E-state index in [1.165, 1.54) is 27.8 Å². The maximum absolute atomic E-state index is 12.1. The molecule has 0 spiro atoms. The van der Waals surface area contributed by atoms with E-state index < -0.39 is 0 Å². The lowest BCUT2D eigenvalue weighted by atomic mass is 9.89. The number of nitriles is 2. The summed E-state index contributed by atoms with van der Waals surface area (Å²) in [6.07, 6.45) is 33.8. The number of aromatic nitrogens is 6. The molecule has 12 aliphatic rings. The lowest BCUT2D eigenvalue weighted by molar-refractivity contribution is -0.119. The van der Waals surface area contributed by atoms with Crippen LogP contribution in [0.15, 0.2) is 184 Å². The van der Waals surface area contributed by atoms with E-state index in [1.54, 1.807) is 69.1 Å². The summed E-state index contributed by atoms with van der Waals surface area (Å²) in [5.41, 5.74) is 32.3. The summed E-state index contributed by atoms with van der Waals surface area (Å²) in [7, 11) is 1.70. The molecule has 0 bridgehead atoms. The summed E-state index contributed by atoms with van der Waals surface area (Å²) in [6.45, 7) is 4.41. The molecule has 0 saturated carbocycles. The van der Waals surface area contributed by atoms with Gasteiger partial charge in [0.15, 0.2) is 0 Å². The van der Waals surface area contributed by atoms with Gasteiger partial charge in [-0.1, -0.05) is 48.0 Å². The number of amides is 6. The zero-order chi connectivity index (χ0) is 84.3. The number of carbonyl (C=O) groups excluding carboxylic acids is 6. The molecule has 24 rings (SSSR count). The standard InChI is InChI=1S/2C17H13N3O.C17H16N2O2.C16H13ClN2O.2C16H14N2O2/c18-9-15-13-3-4-16(21)20-7-5-11(17(13)20)8-14(15)12-2-1-6-19-10-12;18-9-15-13-5-7-20-16(21)4-3-11(17(13)20)8-14(15)12-2-1-6-19-10-12;1-21-17-13-4-5-15(20)19-8-6-11(16(13)19)9-14(17)12-3-2-7-18-10-12;17-15-12-5-7-19-14(20)4-3-10(16(12)19)8-13(15)11-2-1-6-18-9-11;19-14-4-3-12-15-10(5-7-18(14)15)8-13(16(12)20)11-2-1-6-17-9-11;19-14-4-3-10-8-13(11-2-1-6-17-9-11)16(20)12-5-7-18(14)15(10)12/h2*1-2,6,8,10H,3-5,7H2;2-3,7,9-10H,4-6,8H2,1H3;1-2,6,8-9H,3-5,7H2;2*1-2,6,8-9,20H,3-5,7H2. The SMILES string of the molecule is COc1c(-c2cccnc2)cc2c3c1CCC(=O)N3CC2.N#Cc1c(-c2cccnc2)cc2c3c1CCC(=O)N3CC2.N#Cc1c(-c2cccnc2)cc2c3c1CCN3C(=O)CC2.O=C1CCc2c(O)c(-c3cccnc3)cc3c2N1CC3.O=C1CCc2cc(-c3cccnc3)c(Cl)c3c2N1CC3.O=C1CCc2cc(-c3cccnc3)c(O)c3c2N1CC3. The van der Waals surface area contributed by atoms with E-state index in [-0.39, 0.29) is 35.4 Å². The molecule has 0 radical (unpaired) electrons. The number of nitrogens with zero attached hydrogens (tertiary/aromatic N) is 14. The van der Waals surface area contributed by atoms with E-state index in [0.717, 1.165) is 241 Å². The monoisotopic (exact) mass is 1650 g/mol. The fraction of sp³-hybridized carbons (Fsp3) is 0.253. The van der Waals surface area contributed by atoms with Gasteiger partial charge in [0.1, 0.15) is 29.4 Å². The zero-order valence-electron chi connectivity index (χ0n) is 67.7. The van der Waals surface area contributed by atoms with Crippen molar-refractivity contribution < 1.29 is 43.7 Å². The molecule has 12 aliphatic heterocycles. The molecular weight excluding hydrogens is 1560 g/mol.